The molecule has 7 heteroatoms. The fourth-order valence-electron chi connectivity index (χ4n) is 3.66. The number of aryl methyl sites for hydroxylation is 1. The number of hydrogen-bond acceptors (Lipinski definition) is 4. The number of nitrogens with zero attached hydrogens (tertiary/aromatic N) is 1. The van der Waals surface area contributed by atoms with Gasteiger partial charge in [-0.1, -0.05) is 42.5 Å². The molecule has 0 bridgehead atoms. The van der Waals surface area contributed by atoms with E-state index in [-0.39, 0.29) is 11.8 Å². The minimum absolute atomic E-state index is 0.0709. The molecule has 1 heterocycles. The summed E-state index contributed by atoms with van der Waals surface area (Å²) in [6.07, 6.45) is 0.517. The van der Waals surface area contributed by atoms with Crippen molar-refractivity contribution in [2.45, 2.75) is 12.5 Å². The molecular weight excluding hydrogens is 386 g/mol. The van der Waals surface area contributed by atoms with Crippen molar-refractivity contribution in [2.75, 3.05) is 57.6 Å². The summed E-state index contributed by atoms with van der Waals surface area (Å²) < 4.78 is 33.6. The van der Waals surface area contributed by atoms with Gasteiger partial charge in [-0.2, -0.15) is 0 Å². The highest BCUT2D eigenvalue weighted by Crippen LogP contribution is 2.17. The Labute approximate surface area is 174 Å². The van der Waals surface area contributed by atoms with Crippen LogP contribution in [-0.2, 0) is 21.2 Å². The van der Waals surface area contributed by atoms with Crippen molar-refractivity contribution in [3.63, 3.8) is 0 Å². The number of morpholine rings is 1. The molecular formula is C22H32N3O3S+. The second-order valence-electron chi connectivity index (χ2n) is 7.71. The molecule has 0 amide bonds. The van der Waals surface area contributed by atoms with E-state index in [4.69, 9.17) is 4.74 Å². The molecule has 2 aromatic carbocycles. The van der Waals surface area contributed by atoms with Crippen molar-refractivity contribution in [3.05, 3.63) is 65.7 Å². The Morgan fingerprint density at radius 2 is 1.69 bits per heavy atom. The number of quaternary nitrogens is 1. The molecule has 6 nitrogen and oxygen atoms in total. The van der Waals surface area contributed by atoms with Crippen molar-refractivity contribution >= 4 is 15.7 Å². The molecule has 0 radical (unpaired) electrons. The number of hydrogen-bond donors (Lipinski definition) is 2. The highest BCUT2D eigenvalue weighted by Gasteiger charge is 2.28. The summed E-state index contributed by atoms with van der Waals surface area (Å²) >= 11 is 0. The maximum Gasteiger partial charge on any atom is 0.212 e. The fourth-order valence-corrected chi connectivity index (χ4v) is 4.73. The van der Waals surface area contributed by atoms with E-state index in [9.17, 15) is 8.42 Å². The van der Waals surface area contributed by atoms with Crippen LogP contribution < -0.4 is 14.5 Å². The Morgan fingerprint density at radius 3 is 2.31 bits per heavy atom. The van der Waals surface area contributed by atoms with E-state index in [2.05, 4.69) is 33.9 Å². The normalized spacial score (nSPS) is 16.5. The second-order valence-corrected chi connectivity index (χ2v) is 9.64. The maximum atomic E-state index is 12.6. The number of anilines is 1. The Bertz CT molecular complexity index is 849. The number of sulfonamides is 1. The van der Waals surface area contributed by atoms with Gasteiger partial charge in [-0.15, -0.1) is 0 Å². The van der Waals surface area contributed by atoms with Gasteiger partial charge in [0.1, 0.15) is 19.1 Å². The van der Waals surface area contributed by atoms with E-state index in [1.807, 2.05) is 44.4 Å². The van der Waals surface area contributed by atoms with Crippen molar-refractivity contribution in [3.8, 4) is 0 Å². The van der Waals surface area contributed by atoms with Crippen LogP contribution in [0.3, 0.4) is 0 Å². The second kappa shape index (κ2) is 10.2. The zero-order valence-corrected chi connectivity index (χ0v) is 18.1. The van der Waals surface area contributed by atoms with Crippen molar-refractivity contribution < 1.29 is 18.1 Å². The lowest BCUT2D eigenvalue weighted by molar-refractivity contribution is -0.937. The molecule has 1 saturated heterocycles. The first-order valence-electron chi connectivity index (χ1n) is 10.2. The third kappa shape index (κ3) is 6.54. The van der Waals surface area contributed by atoms with Crippen LogP contribution in [0.5, 0.6) is 0 Å². The average molecular weight is 419 g/mol. The zero-order chi connectivity index (χ0) is 20.7. The van der Waals surface area contributed by atoms with Crippen LogP contribution in [0.4, 0.5) is 5.69 Å². The first-order valence-corrected chi connectivity index (χ1v) is 11.8. The highest BCUT2D eigenvalue weighted by molar-refractivity contribution is 7.89. The van der Waals surface area contributed by atoms with Gasteiger partial charge in [0.15, 0.2) is 0 Å². The molecule has 0 saturated carbocycles. The van der Waals surface area contributed by atoms with Crippen LogP contribution >= 0.6 is 0 Å². The van der Waals surface area contributed by atoms with Crippen LogP contribution in [0.15, 0.2) is 54.6 Å². The SMILES string of the molecule is CN(C)c1ccc([C@@H](CNS(=O)(=O)CCc2ccccc2)[NH+]2CCOCC2)cc1. The fraction of sp³-hybridized carbons (Fsp3) is 0.455. The Balaban J connectivity index is 1.67. The van der Waals surface area contributed by atoms with Gasteiger partial charge in [0.05, 0.1) is 25.5 Å². The smallest absolute Gasteiger partial charge is 0.212 e. The molecule has 1 aliphatic rings. The number of ether oxygens (including phenoxy) is 1. The molecule has 1 atom stereocenters. The Hall–Kier alpha value is -1.93. The summed E-state index contributed by atoms with van der Waals surface area (Å²) in [5.74, 6) is 0.0990. The van der Waals surface area contributed by atoms with Gasteiger partial charge in [-0.05, 0) is 24.1 Å². The predicted octanol–water partition coefficient (Wildman–Crippen LogP) is 0.871. The molecule has 2 N–H and O–H groups in total. The number of rotatable bonds is 9. The first-order chi connectivity index (χ1) is 13.9. The predicted molar refractivity (Wildman–Crippen MR) is 117 cm³/mol. The summed E-state index contributed by atoms with van der Waals surface area (Å²) in [5, 5.41) is 0. The summed E-state index contributed by atoms with van der Waals surface area (Å²) in [6.45, 7) is 3.58. The zero-order valence-electron chi connectivity index (χ0n) is 17.3. The monoisotopic (exact) mass is 418 g/mol. The standard InChI is InChI=1S/C22H31N3O3S/c1-24(2)21-10-8-20(9-11-21)22(25-13-15-28-16-14-25)18-23-29(26,27)17-12-19-6-4-3-5-7-19/h3-11,22-23H,12-18H2,1-2H3/p+1/t22-/m1/s1. The lowest BCUT2D eigenvalue weighted by atomic mass is 10.0. The number of benzene rings is 2. The quantitative estimate of drug-likeness (QED) is 0.634. The highest BCUT2D eigenvalue weighted by atomic mass is 32.2. The molecule has 0 unspecified atom stereocenters. The van der Waals surface area contributed by atoms with Crippen LogP contribution in [0.2, 0.25) is 0 Å². The summed E-state index contributed by atoms with van der Waals surface area (Å²) in [5.41, 5.74) is 3.32. The summed E-state index contributed by atoms with van der Waals surface area (Å²) in [7, 11) is 0.683. The van der Waals surface area contributed by atoms with Gasteiger partial charge in [0.25, 0.3) is 0 Å². The van der Waals surface area contributed by atoms with Gasteiger partial charge in [-0.3, -0.25) is 0 Å². The molecule has 1 fully saturated rings. The van der Waals surface area contributed by atoms with Crippen LogP contribution in [0.1, 0.15) is 17.2 Å². The molecule has 1 aliphatic heterocycles. The largest absolute Gasteiger partial charge is 0.378 e. The van der Waals surface area contributed by atoms with E-state index in [1.165, 1.54) is 4.90 Å². The molecule has 29 heavy (non-hydrogen) atoms. The summed E-state index contributed by atoms with van der Waals surface area (Å²) in [4.78, 5) is 3.42. The third-order valence-electron chi connectivity index (χ3n) is 5.45. The Kier molecular flexibility index (Phi) is 7.66. The van der Waals surface area contributed by atoms with Gasteiger partial charge in [0, 0.05) is 25.3 Å². The maximum absolute atomic E-state index is 12.6. The van der Waals surface area contributed by atoms with E-state index in [0.717, 1.165) is 29.9 Å². The average Bonchev–Trinajstić information content (AvgIpc) is 2.74. The molecule has 158 valence electrons. The summed E-state index contributed by atoms with van der Waals surface area (Å²) in [6, 6.07) is 18.2. The van der Waals surface area contributed by atoms with Gasteiger partial charge < -0.3 is 14.5 Å². The van der Waals surface area contributed by atoms with Crippen LogP contribution in [-0.4, -0.2) is 61.1 Å². The van der Waals surface area contributed by atoms with Crippen LogP contribution in [0, 0.1) is 0 Å². The van der Waals surface area contributed by atoms with Crippen LogP contribution in [0.25, 0.3) is 0 Å². The first kappa shape index (κ1) is 21.8. The van der Waals surface area contributed by atoms with E-state index >= 15 is 0 Å². The third-order valence-corrected chi connectivity index (χ3v) is 6.80. The minimum atomic E-state index is -3.35. The number of nitrogens with one attached hydrogen (secondary N) is 2. The van der Waals surface area contributed by atoms with Gasteiger partial charge in [0.2, 0.25) is 10.0 Å². The molecule has 0 aliphatic carbocycles. The molecule has 2 aromatic rings. The van der Waals surface area contributed by atoms with Crippen molar-refractivity contribution in [2.24, 2.45) is 0 Å². The topological polar surface area (TPSA) is 63.1 Å². The minimum Gasteiger partial charge on any atom is -0.378 e. The molecule has 0 aromatic heterocycles. The lowest BCUT2D eigenvalue weighted by Crippen LogP contribution is -3.15. The van der Waals surface area contributed by atoms with Crippen molar-refractivity contribution in [1.82, 2.24) is 4.72 Å². The van der Waals surface area contributed by atoms with E-state index in [0.29, 0.717) is 26.2 Å². The van der Waals surface area contributed by atoms with Gasteiger partial charge >= 0.3 is 0 Å². The lowest BCUT2D eigenvalue weighted by Gasteiger charge is -2.32. The van der Waals surface area contributed by atoms with E-state index in [1.54, 1.807) is 0 Å². The Morgan fingerprint density at radius 1 is 1.03 bits per heavy atom. The van der Waals surface area contributed by atoms with E-state index < -0.39 is 10.0 Å². The molecule has 0 spiro atoms. The van der Waals surface area contributed by atoms with Gasteiger partial charge in [-0.25, -0.2) is 13.1 Å². The van der Waals surface area contributed by atoms with Crippen molar-refractivity contribution in [1.29, 1.82) is 0 Å². The molecule has 3 rings (SSSR count).